The fourth-order valence-corrected chi connectivity index (χ4v) is 2.68. The van der Waals surface area contributed by atoms with Crippen molar-refractivity contribution in [3.8, 4) is 0 Å². The first-order valence-corrected chi connectivity index (χ1v) is 6.98. The van der Waals surface area contributed by atoms with Crippen LogP contribution in [0.3, 0.4) is 0 Å². The van der Waals surface area contributed by atoms with Crippen LogP contribution in [-0.4, -0.2) is 23.6 Å². The summed E-state index contributed by atoms with van der Waals surface area (Å²) in [4.78, 5) is 3.81. The summed E-state index contributed by atoms with van der Waals surface area (Å²) in [6, 6.07) is 2.45. The minimum absolute atomic E-state index is 0.0715. The summed E-state index contributed by atoms with van der Waals surface area (Å²) in [5, 5.41) is 6.64. The van der Waals surface area contributed by atoms with Gasteiger partial charge in [0.2, 0.25) is 10.0 Å². The summed E-state index contributed by atoms with van der Waals surface area (Å²) >= 11 is 5.61. The lowest BCUT2D eigenvalue weighted by atomic mass is 10.2. The summed E-state index contributed by atoms with van der Waals surface area (Å²) in [7, 11) is -3.62. The van der Waals surface area contributed by atoms with E-state index >= 15 is 0 Å². The second-order valence-corrected chi connectivity index (χ2v) is 5.79. The van der Waals surface area contributed by atoms with Crippen molar-refractivity contribution >= 4 is 21.6 Å². The zero-order valence-corrected chi connectivity index (χ0v) is 11.0. The standard InChI is InChI=1S/C10H11ClN4O2S/c1-7(8-4-13-14-5-8)15-18(16,17)9-2-3-10(11)12-6-9/h2-7,15H,1H3,(H,13,14). The van der Waals surface area contributed by atoms with Gasteiger partial charge < -0.3 is 0 Å². The van der Waals surface area contributed by atoms with Gasteiger partial charge in [-0.1, -0.05) is 11.6 Å². The molecule has 1 atom stereocenters. The number of halogens is 1. The highest BCUT2D eigenvalue weighted by molar-refractivity contribution is 7.89. The van der Waals surface area contributed by atoms with Crippen LogP contribution >= 0.6 is 11.6 Å². The van der Waals surface area contributed by atoms with Gasteiger partial charge in [0.1, 0.15) is 10.0 Å². The smallest absolute Gasteiger partial charge is 0.242 e. The van der Waals surface area contributed by atoms with Crippen molar-refractivity contribution in [2.45, 2.75) is 17.9 Å². The Labute approximate surface area is 109 Å². The molecule has 18 heavy (non-hydrogen) atoms. The molecule has 0 saturated carbocycles. The minimum atomic E-state index is -3.62. The maximum atomic E-state index is 12.0. The molecule has 2 rings (SSSR count). The number of aromatic amines is 1. The maximum absolute atomic E-state index is 12.0. The third kappa shape index (κ3) is 2.87. The van der Waals surface area contributed by atoms with Crippen LogP contribution in [0.1, 0.15) is 18.5 Å². The van der Waals surface area contributed by atoms with E-state index in [0.717, 1.165) is 5.56 Å². The third-order valence-electron chi connectivity index (χ3n) is 2.36. The van der Waals surface area contributed by atoms with E-state index in [9.17, 15) is 8.42 Å². The van der Waals surface area contributed by atoms with Crippen LogP contribution < -0.4 is 4.72 Å². The first-order valence-electron chi connectivity index (χ1n) is 5.11. The van der Waals surface area contributed by atoms with Crippen molar-refractivity contribution in [1.29, 1.82) is 0 Å². The minimum Gasteiger partial charge on any atom is -0.285 e. The number of nitrogens with zero attached hydrogens (tertiary/aromatic N) is 2. The molecule has 0 radical (unpaired) electrons. The molecule has 2 N–H and O–H groups in total. The van der Waals surface area contributed by atoms with Gasteiger partial charge in [-0.2, -0.15) is 5.10 Å². The Morgan fingerprint density at radius 1 is 1.39 bits per heavy atom. The lowest BCUT2D eigenvalue weighted by molar-refractivity contribution is 0.566. The molecule has 0 saturated heterocycles. The summed E-state index contributed by atoms with van der Waals surface area (Å²) in [6.45, 7) is 1.73. The highest BCUT2D eigenvalue weighted by Gasteiger charge is 2.19. The van der Waals surface area contributed by atoms with Crippen LogP contribution in [0.25, 0.3) is 0 Å². The van der Waals surface area contributed by atoms with Crippen LogP contribution in [0.5, 0.6) is 0 Å². The first kappa shape index (κ1) is 13.0. The van der Waals surface area contributed by atoms with E-state index in [2.05, 4.69) is 19.9 Å². The molecule has 0 aliphatic rings. The van der Waals surface area contributed by atoms with Crippen molar-refractivity contribution in [3.05, 3.63) is 41.4 Å². The molecule has 0 amide bonds. The number of hydrogen-bond donors (Lipinski definition) is 2. The molecule has 0 spiro atoms. The first-order chi connectivity index (χ1) is 8.49. The van der Waals surface area contributed by atoms with Crippen LogP contribution in [0, 0.1) is 0 Å². The normalized spacial score (nSPS) is 13.4. The Morgan fingerprint density at radius 2 is 2.17 bits per heavy atom. The fourth-order valence-electron chi connectivity index (χ4n) is 1.39. The Balaban J connectivity index is 2.20. The van der Waals surface area contributed by atoms with Crippen molar-refractivity contribution in [2.75, 3.05) is 0 Å². The molecule has 0 bridgehead atoms. The topological polar surface area (TPSA) is 87.7 Å². The van der Waals surface area contributed by atoms with Gasteiger partial charge in [-0.15, -0.1) is 0 Å². The number of aromatic nitrogens is 3. The van der Waals surface area contributed by atoms with Crippen LogP contribution in [0.15, 0.2) is 35.6 Å². The molecular formula is C10H11ClN4O2S. The van der Waals surface area contributed by atoms with Crippen molar-refractivity contribution in [2.24, 2.45) is 0 Å². The van der Waals surface area contributed by atoms with Crippen LogP contribution in [-0.2, 0) is 10.0 Å². The highest BCUT2D eigenvalue weighted by atomic mass is 35.5. The van der Waals surface area contributed by atoms with Gasteiger partial charge >= 0.3 is 0 Å². The number of pyridine rings is 1. The quantitative estimate of drug-likeness (QED) is 0.834. The van der Waals surface area contributed by atoms with Gasteiger partial charge in [-0.05, 0) is 19.1 Å². The van der Waals surface area contributed by atoms with E-state index in [4.69, 9.17) is 11.6 Å². The van der Waals surface area contributed by atoms with E-state index < -0.39 is 10.0 Å². The molecule has 6 nitrogen and oxygen atoms in total. The molecule has 0 fully saturated rings. The molecule has 2 aromatic rings. The van der Waals surface area contributed by atoms with Crippen molar-refractivity contribution in [1.82, 2.24) is 19.9 Å². The largest absolute Gasteiger partial charge is 0.285 e. The lowest BCUT2D eigenvalue weighted by Crippen LogP contribution is -2.26. The number of rotatable bonds is 4. The van der Waals surface area contributed by atoms with Gasteiger partial charge in [0, 0.05) is 24.0 Å². The van der Waals surface area contributed by atoms with E-state index in [1.807, 2.05) is 0 Å². The number of nitrogens with one attached hydrogen (secondary N) is 2. The maximum Gasteiger partial charge on any atom is 0.242 e. The van der Waals surface area contributed by atoms with Gasteiger partial charge in [0.05, 0.1) is 6.20 Å². The fraction of sp³-hybridized carbons (Fsp3) is 0.200. The lowest BCUT2D eigenvalue weighted by Gasteiger charge is -2.12. The summed E-state index contributed by atoms with van der Waals surface area (Å²) in [5.41, 5.74) is 0.750. The summed E-state index contributed by atoms with van der Waals surface area (Å²) < 4.78 is 26.6. The predicted octanol–water partition coefficient (Wildman–Crippen LogP) is 1.50. The third-order valence-corrected chi connectivity index (χ3v) is 4.11. The Kier molecular flexibility index (Phi) is 3.65. The molecule has 96 valence electrons. The molecule has 8 heteroatoms. The Bertz CT molecular complexity index is 610. The molecule has 1 unspecified atom stereocenters. The van der Waals surface area contributed by atoms with Gasteiger partial charge in [-0.25, -0.2) is 18.1 Å². The molecule has 0 aromatic carbocycles. The van der Waals surface area contributed by atoms with Gasteiger partial charge in [-0.3, -0.25) is 5.10 Å². The van der Waals surface area contributed by atoms with E-state index in [0.29, 0.717) is 0 Å². The second kappa shape index (κ2) is 5.05. The second-order valence-electron chi connectivity index (χ2n) is 3.69. The molecule has 2 heterocycles. The van der Waals surface area contributed by atoms with E-state index in [1.165, 1.54) is 18.3 Å². The van der Waals surface area contributed by atoms with Crippen molar-refractivity contribution < 1.29 is 8.42 Å². The van der Waals surface area contributed by atoms with E-state index in [1.54, 1.807) is 19.3 Å². The molecular weight excluding hydrogens is 276 g/mol. The number of H-pyrrole nitrogens is 1. The molecule has 2 aromatic heterocycles. The van der Waals surface area contributed by atoms with Gasteiger partial charge in [0.15, 0.2) is 0 Å². The monoisotopic (exact) mass is 286 g/mol. The van der Waals surface area contributed by atoms with Crippen molar-refractivity contribution in [3.63, 3.8) is 0 Å². The average Bonchev–Trinajstić information content (AvgIpc) is 2.82. The van der Waals surface area contributed by atoms with Crippen LogP contribution in [0.4, 0.5) is 0 Å². The summed E-state index contributed by atoms with van der Waals surface area (Å²) in [6.07, 6.45) is 4.41. The highest BCUT2D eigenvalue weighted by Crippen LogP contribution is 2.16. The Hall–Kier alpha value is -1.44. The zero-order chi connectivity index (χ0) is 13.2. The SMILES string of the molecule is CC(NS(=O)(=O)c1ccc(Cl)nc1)c1cn[nH]c1. The molecule has 0 aliphatic heterocycles. The van der Waals surface area contributed by atoms with E-state index in [-0.39, 0.29) is 16.1 Å². The predicted molar refractivity (Wildman–Crippen MR) is 66.6 cm³/mol. The number of hydrogen-bond acceptors (Lipinski definition) is 4. The summed E-state index contributed by atoms with van der Waals surface area (Å²) in [5.74, 6) is 0. The number of sulfonamides is 1. The molecule has 0 aliphatic carbocycles. The van der Waals surface area contributed by atoms with Gasteiger partial charge in [0.25, 0.3) is 0 Å². The average molecular weight is 287 g/mol. The Morgan fingerprint density at radius 3 is 2.72 bits per heavy atom. The zero-order valence-electron chi connectivity index (χ0n) is 9.46. The van der Waals surface area contributed by atoms with Crippen LogP contribution in [0.2, 0.25) is 5.15 Å².